The fourth-order valence-corrected chi connectivity index (χ4v) is 5.21. The number of fused-ring (bicyclic) bond motifs is 8. The van der Waals surface area contributed by atoms with Crippen molar-refractivity contribution in [3.05, 3.63) is 65.9 Å². The number of ether oxygens (including phenoxy) is 2. The smallest absolute Gasteiger partial charge is 0.691 e. The van der Waals surface area contributed by atoms with Crippen LogP contribution in [0.25, 0.3) is 21.5 Å². The number of aromatic nitrogens is 3. The van der Waals surface area contributed by atoms with Crippen LogP contribution in [0, 0.1) is 0 Å². The molecular weight excluding hydrogens is 557 g/mol. The quantitative estimate of drug-likeness (QED) is 0.105. The molecule has 1 unspecified atom stereocenters. The van der Waals surface area contributed by atoms with Gasteiger partial charge < -0.3 is 25.8 Å². The van der Waals surface area contributed by atoms with E-state index in [1.165, 1.54) is 0 Å². The monoisotopic (exact) mass is 570 g/mol. The minimum absolute atomic E-state index is 0. The molecule has 0 amide bonds. The molecule has 0 spiro atoms. The van der Waals surface area contributed by atoms with Crippen LogP contribution in [-0.2, 0) is 9.37 Å². The Bertz CT molecular complexity index is 1790. The molecular formula is C24H14ClN7NaO5S+. The minimum atomic E-state index is -0.823. The molecule has 1 aromatic heterocycles. The van der Waals surface area contributed by atoms with E-state index in [1.807, 2.05) is 54.6 Å². The van der Waals surface area contributed by atoms with Gasteiger partial charge in [-0.3, -0.25) is 5.04 Å². The first-order chi connectivity index (χ1) is 18.6. The van der Waals surface area contributed by atoms with Crippen molar-refractivity contribution >= 4 is 74.1 Å². The molecule has 7 rings (SSSR count). The van der Waals surface area contributed by atoms with E-state index >= 15 is 0 Å². The van der Waals surface area contributed by atoms with Gasteiger partial charge in [-0.1, -0.05) is 24.3 Å². The molecule has 0 aliphatic carbocycles. The number of nitrogens with one attached hydrogen (secondary N) is 1. The molecule has 188 valence electrons. The Morgan fingerprint density at radius 2 is 1.85 bits per heavy atom. The second kappa shape index (κ2) is 10.4. The fraction of sp³-hybridized carbons (Fsp3) is 0.0417. The summed E-state index contributed by atoms with van der Waals surface area (Å²) < 4.78 is 18.7. The maximum Gasteiger partial charge on any atom is 1.00 e. The minimum Gasteiger partial charge on any atom is -0.691 e. The standard InChI is InChI=1S/C24H14ClN7O5S.Na/c25-21-28-22(26)30-23(29-21)27-12-6-7-13-11(9-12)5-8-16-20(13)35-24-32(31-16)19-15-4-2-1-3-14(15)18(38-37-36-33)10-17(19)34-24;/h1-10,24H,(H3,26,28,29,30,33);/q;+1. The number of azo groups is 2. The van der Waals surface area contributed by atoms with Crippen molar-refractivity contribution in [1.82, 2.24) is 15.0 Å². The predicted molar refractivity (Wildman–Crippen MR) is 136 cm³/mol. The first-order valence-corrected chi connectivity index (χ1v) is 12.2. The summed E-state index contributed by atoms with van der Waals surface area (Å²) in [6.07, 6.45) is -0.823. The summed E-state index contributed by atoms with van der Waals surface area (Å²) in [6, 6.07) is 18.9. The van der Waals surface area contributed by atoms with Crippen molar-refractivity contribution in [2.45, 2.75) is 11.3 Å². The molecule has 5 aromatic rings. The van der Waals surface area contributed by atoms with Crippen LogP contribution in [0.15, 0.2) is 70.7 Å². The molecule has 2 aliphatic heterocycles. The zero-order valence-corrected chi connectivity index (χ0v) is 23.6. The van der Waals surface area contributed by atoms with Crippen molar-refractivity contribution in [2.24, 2.45) is 5.11 Å². The molecule has 0 bridgehead atoms. The van der Waals surface area contributed by atoms with Crippen LogP contribution in [0.5, 0.6) is 11.5 Å². The van der Waals surface area contributed by atoms with E-state index in [9.17, 15) is 5.26 Å². The molecule has 3 N–H and O–H groups in total. The van der Waals surface area contributed by atoms with Gasteiger partial charge in [0.1, 0.15) is 0 Å². The van der Waals surface area contributed by atoms with Crippen LogP contribution in [0.1, 0.15) is 0 Å². The molecule has 39 heavy (non-hydrogen) atoms. The van der Waals surface area contributed by atoms with Gasteiger partial charge in [0.25, 0.3) is 5.69 Å². The van der Waals surface area contributed by atoms with Crippen LogP contribution in [0.2, 0.25) is 5.28 Å². The number of rotatable bonds is 5. The third-order valence-electron chi connectivity index (χ3n) is 6.02. The normalized spacial score (nSPS) is 14.9. The Hall–Kier alpha value is -3.27. The number of nitrogens with zero attached hydrogens (tertiary/aromatic N) is 5. The fourth-order valence-electron chi connectivity index (χ4n) is 4.52. The maximum atomic E-state index is 10.4. The van der Waals surface area contributed by atoms with E-state index in [0.29, 0.717) is 22.1 Å². The number of hydrogen-bond donors (Lipinski definition) is 2. The number of nitrogens with two attached hydrogens (primary N) is 1. The van der Waals surface area contributed by atoms with Gasteiger partial charge in [-0.05, 0) is 47.3 Å². The Labute approximate surface area is 251 Å². The topological polar surface area (TPSA) is 152 Å². The van der Waals surface area contributed by atoms with E-state index in [2.05, 4.69) is 29.6 Å². The van der Waals surface area contributed by atoms with Crippen LogP contribution in [0.4, 0.5) is 29.0 Å². The molecule has 15 heteroatoms. The van der Waals surface area contributed by atoms with Gasteiger partial charge in [0.05, 0.1) is 22.3 Å². The van der Waals surface area contributed by atoms with E-state index < -0.39 is 6.41 Å². The largest absolute Gasteiger partial charge is 1.00 e. The molecule has 0 saturated heterocycles. The van der Waals surface area contributed by atoms with E-state index in [4.69, 9.17) is 31.9 Å². The summed E-state index contributed by atoms with van der Waals surface area (Å²) in [5.74, 6) is 1.37. The summed E-state index contributed by atoms with van der Waals surface area (Å²) in [7, 11) is 0. The molecule has 0 radical (unpaired) electrons. The molecule has 1 atom stereocenters. The van der Waals surface area contributed by atoms with Crippen LogP contribution >= 0.6 is 23.6 Å². The van der Waals surface area contributed by atoms with Crippen molar-refractivity contribution in [3.8, 4) is 11.5 Å². The zero-order valence-electron chi connectivity index (χ0n) is 20.0. The van der Waals surface area contributed by atoms with Gasteiger partial charge in [-0.15, -0.1) is 0 Å². The summed E-state index contributed by atoms with van der Waals surface area (Å²) in [5, 5.41) is 25.3. The Morgan fingerprint density at radius 3 is 2.67 bits per heavy atom. The molecule has 0 saturated carbocycles. The molecule has 4 aromatic carbocycles. The Morgan fingerprint density at radius 1 is 1.00 bits per heavy atom. The van der Waals surface area contributed by atoms with Crippen molar-refractivity contribution < 1.29 is 58.4 Å². The molecule has 12 nitrogen and oxygen atoms in total. The summed E-state index contributed by atoms with van der Waals surface area (Å²) in [4.78, 5) is 12.5. The zero-order chi connectivity index (χ0) is 25.8. The number of nitrogen functional groups attached to an aromatic ring is 1. The second-order valence-corrected chi connectivity index (χ2v) is 9.32. The summed E-state index contributed by atoms with van der Waals surface area (Å²) >= 11 is 6.69. The van der Waals surface area contributed by atoms with Crippen molar-refractivity contribution in [2.75, 3.05) is 11.1 Å². The van der Waals surface area contributed by atoms with Crippen LogP contribution in [-0.4, -0.2) is 26.1 Å². The average molecular weight is 571 g/mol. The predicted octanol–water partition coefficient (Wildman–Crippen LogP) is 1.89. The number of halogens is 1. The Kier molecular flexibility index (Phi) is 6.91. The summed E-state index contributed by atoms with van der Waals surface area (Å²) in [6.45, 7) is 0. The van der Waals surface area contributed by atoms with Gasteiger partial charge in [-0.2, -0.15) is 19.3 Å². The van der Waals surface area contributed by atoms with Gasteiger partial charge >= 0.3 is 36.0 Å². The Balaban J connectivity index is 0.00000277. The first kappa shape index (κ1) is 26.0. The molecule has 3 heterocycles. The van der Waals surface area contributed by atoms with Gasteiger partial charge in [0, 0.05) is 32.3 Å². The van der Waals surface area contributed by atoms with Crippen LogP contribution < -0.4 is 55.3 Å². The van der Waals surface area contributed by atoms with E-state index in [0.717, 1.165) is 45.0 Å². The van der Waals surface area contributed by atoms with Crippen LogP contribution in [0.3, 0.4) is 0 Å². The summed E-state index contributed by atoms with van der Waals surface area (Å²) in [5.41, 5.74) is 7.78. The molecule has 2 aliphatic rings. The maximum absolute atomic E-state index is 10.4. The van der Waals surface area contributed by atoms with Crippen molar-refractivity contribution in [1.29, 1.82) is 0 Å². The third-order valence-corrected chi connectivity index (χ3v) is 6.83. The number of hydrogen-bond acceptors (Lipinski definition) is 12. The molecule has 0 fully saturated rings. The third kappa shape index (κ3) is 4.62. The SMILES string of the molecule is Nc1nc(Cl)nc(Nc2ccc3c4c(ccc3c2)N=[N+]2c3c(cc(SOO[O-])c5ccccc35)OC2O4)n1.[Na+]. The number of anilines is 3. The van der Waals surface area contributed by atoms with Gasteiger partial charge in [-0.25, -0.2) is 0 Å². The van der Waals surface area contributed by atoms with Gasteiger partial charge in [0.2, 0.25) is 22.9 Å². The average Bonchev–Trinajstić information content (AvgIpc) is 3.27. The number of benzene rings is 4. The van der Waals surface area contributed by atoms with Gasteiger partial charge in [0.15, 0.2) is 11.4 Å². The second-order valence-electron chi connectivity index (χ2n) is 8.23. The van der Waals surface area contributed by atoms with Crippen molar-refractivity contribution in [3.63, 3.8) is 0 Å². The van der Waals surface area contributed by atoms with E-state index in [1.54, 1.807) is 10.8 Å². The van der Waals surface area contributed by atoms with E-state index in [-0.39, 0.29) is 46.7 Å². The first-order valence-electron chi connectivity index (χ1n) is 11.1.